The second-order valence-electron chi connectivity index (χ2n) is 3.97. The third kappa shape index (κ3) is 3.45. The van der Waals surface area contributed by atoms with Crippen molar-refractivity contribution in [1.29, 1.82) is 0 Å². The van der Waals surface area contributed by atoms with E-state index in [0.29, 0.717) is 16.7 Å². The van der Waals surface area contributed by atoms with Crippen molar-refractivity contribution in [3.8, 4) is 0 Å². The summed E-state index contributed by atoms with van der Waals surface area (Å²) in [7, 11) is 0. The number of nitro benzene ring substituents is 1. The topological polar surface area (TPSA) is 81.0 Å². The van der Waals surface area contributed by atoms with E-state index in [1.165, 1.54) is 18.5 Å². The minimum Gasteiger partial charge on any atom is -0.369 e. The Bertz CT molecular complexity index is 633. The fraction of sp³-hybridized carbons (Fsp3) is 0.231. The number of anilines is 1. The molecule has 104 valence electrons. The number of hydrogen-bond donors (Lipinski definition) is 1. The first-order valence-electron chi connectivity index (χ1n) is 6.04. The zero-order chi connectivity index (χ0) is 14.4. The van der Waals surface area contributed by atoms with Crippen molar-refractivity contribution in [1.82, 2.24) is 9.97 Å². The van der Waals surface area contributed by atoms with Crippen molar-refractivity contribution in [2.24, 2.45) is 0 Å². The summed E-state index contributed by atoms with van der Waals surface area (Å²) >= 11 is 1.75. The summed E-state index contributed by atoms with van der Waals surface area (Å²) in [5, 5.41) is 14.7. The highest BCUT2D eigenvalue weighted by Gasteiger charge is 2.10. The fourth-order valence-electron chi connectivity index (χ4n) is 1.71. The van der Waals surface area contributed by atoms with E-state index in [0.717, 1.165) is 18.1 Å². The van der Waals surface area contributed by atoms with Crippen LogP contribution >= 0.6 is 11.8 Å². The predicted molar refractivity (Wildman–Crippen MR) is 82.2 cm³/mol. The average Bonchev–Trinajstić information content (AvgIpc) is 2.46. The highest BCUT2D eigenvalue weighted by Crippen LogP contribution is 2.24. The second-order valence-corrected chi connectivity index (χ2v) is 5.12. The van der Waals surface area contributed by atoms with Gasteiger partial charge >= 0.3 is 0 Å². The number of nitro groups is 1. The van der Waals surface area contributed by atoms with Crippen LogP contribution in [0.4, 0.5) is 11.5 Å². The molecule has 0 aliphatic carbocycles. The van der Waals surface area contributed by atoms with E-state index in [4.69, 9.17) is 0 Å². The second kappa shape index (κ2) is 6.85. The van der Waals surface area contributed by atoms with Crippen molar-refractivity contribution in [3.63, 3.8) is 0 Å². The fourth-order valence-corrected chi connectivity index (χ4v) is 2.29. The Labute approximate surface area is 120 Å². The van der Waals surface area contributed by atoms with E-state index in [-0.39, 0.29) is 5.69 Å². The van der Waals surface area contributed by atoms with Crippen LogP contribution in [0.25, 0.3) is 10.9 Å². The maximum absolute atomic E-state index is 10.8. The molecule has 0 amide bonds. The summed E-state index contributed by atoms with van der Waals surface area (Å²) in [4.78, 5) is 18.7. The van der Waals surface area contributed by atoms with Gasteiger partial charge < -0.3 is 5.32 Å². The van der Waals surface area contributed by atoms with E-state index in [1.807, 2.05) is 6.08 Å². The Balaban J connectivity index is 2.17. The van der Waals surface area contributed by atoms with Gasteiger partial charge in [0, 0.05) is 35.6 Å². The van der Waals surface area contributed by atoms with Gasteiger partial charge in [0.05, 0.1) is 10.4 Å². The summed E-state index contributed by atoms with van der Waals surface area (Å²) in [6.45, 7) is 4.39. The molecule has 0 atom stereocenters. The number of nitrogens with one attached hydrogen (secondary N) is 1. The number of aromatic nitrogens is 2. The van der Waals surface area contributed by atoms with Crippen LogP contribution in [0.5, 0.6) is 0 Å². The maximum atomic E-state index is 10.8. The van der Waals surface area contributed by atoms with Crippen LogP contribution < -0.4 is 5.32 Å². The van der Waals surface area contributed by atoms with Gasteiger partial charge in [0.2, 0.25) is 0 Å². The van der Waals surface area contributed by atoms with Crippen LogP contribution in [-0.4, -0.2) is 32.9 Å². The first-order valence-corrected chi connectivity index (χ1v) is 7.19. The summed E-state index contributed by atoms with van der Waals surface area (Å²) < 4.78 is 0. The van der Waals surface area contributed by atoms with Gasteiger partial charge in [-0.15, -0.1) is 6.58 Å². The molecular weight excluding hydrogens is 276 g/mol. The summed E-state index contributed by atoms with van der Waals surface area (Å²) in [5.41, 5.74) is 0.725. The molecule has 0 aliphatic rings. The molecule has 0 aliphatic heterocycles. The minimum absolute atomic E-state index is 0.0383. The highest BCUT2D eigenvalue weighted by molar-refractivity contribution is 7.99. The Morgan fingerprint density at radius 1 is 1.45 bits per heavy atom. The van der Waals surface area contributed by atoms with E-state index < -0.39 is 4.92 Å². The third-order valence-electron chi connectivity index (χ3n) is 2.60. The number of thioether (sulfide) groups is 1. The van der Waals surface area contributed by atoms with E-state index in [1.54, 1.807) is 17.8 Å². The van der Waals surface area contributed by atoms with Crippen molar-refractivity contribution in [3.05, 3.63) is 47.3 Å². The molecule has 0 saturated carbocycles. The Kier molecular flexibility index (Phi) is 4.89. The number of benzene rings is 1. The quantitative estimate of drug-likeness (QED) is 0.365. The molecule has 1 heterocycles. The number of fused-ring (bicyclic) bond motifs is 1. The Morgan fingerprint density at radius 3 is 3.05 bits per heavy atom. The van der Waals surface area contributed by atoms with Gasteiger partial charge in [-0.1, -0.05) is 6.08 Å². The van der Waals surface area contributed by atoms with Crippen molar-refractivity contribution in [2.45, 2.75) is 0 Å². The van der Waals surface area contributed by atoms with Gasteiger partial charge in [0.1, 0.15) is 12.1 Å². The molecule has 1 N–H and O–H groups in total. The zero-order valence-corrected chi connectivity index (χ0v) is 11.6. The van der Waals surface area contributed by atoms with Crippen LogP contribution in [0.3, 0.4) is 0 Å². The van der Waals surface area contributed by atoms with Crippen LogP contribution in [-0.2, 0) is 0 Å². The SMILES string of the molecule is C=CCSCCNc1ncnc2ccc([N+](=O)[O-])cc12. The lowest BCUT2D eigenvalue weighted by Crippen LogP contribution is -2.06. The number of rotatable bonds is 7. The molecule has 1 aromatic carbocycles. The molecule has 0 spiro atoms. The van der Waals surface area contributed by atoms with Crippen molar-refractivity contribution >= 4 is 34.2 Å². The van der Waals surface area contributed by atoms with Crippen molar-refractivity contribution in [2.75, 3.05) is 23.4 Å². The first kappa shape index (κ1) is 14.3. The van der Waals surface area contributed by atoms with Crippen molar-refractivity contribution < 1.29 is 4.92 Å². The molecular formula is C13H14N4O2S. The third-order valence-corrected chi connectivity index (χ3v) is 3.57. The normalized spacial score (nSPS) is 10.4. The van der Waals surface area contributed by atoms with Gasteiger partial charge in [-0.3, -0.25) is 10.1 Å². The Hall–Kier alpha value is -2.15. The number of non-ortho nitro benzene ring substituents is 1. The monoisotopic (exact) mass is 290 g/mol. The van der Waals surface area contributed by atoms with Crippen LogP contribution in [0.1, 0.15) is 0 Å². The molecule has 6 nitrogen and oxygen atoms in total. The summed E-state index contributed by atoms with van der Waals surface area (Å²) in [6.07, 6.45) is 3.31. The molecule has 1 aromatic heterocycles. The first-order chi connectivity index (χ1) is 9.72. The van der Waals surface area contributed by atoms with Crippen LogP contribution in [0, 0.1) is 10.1 Å². The minimum atomic E-state index is -0.420. The molecule has 0 radical (unpaired) electrons. The van der Waals surface area contributed by atoms with Crippen LogP contribution in [0.15, 0.2) is 37.2 Å². The molecule has 2 rings (SSSR count). The largest absolute Gasteiger partial charge is 0.369 e. The molecule has 0 saturated heterocycles. The molecule has 7 heteroatoms. The molecule has 2 aromatic rings. The predicted octanol–water partition coefficient (Wildman–Crippen LogP) is 2.87. The zero-order valence-electron chi connectivity index (χ0n) is 10.8. The lowest BCUT2D eigenvalue weighted by Gasteiger charge is -2.07. The molecule has 20 heavy (non-hydrogen) atoms. The maximum Gasteiger partial charge on any atom is 0.270 e. The van der Waals surface area contributed by atoms with Gasteiger partial charge in [-0.05, 0) is 6.07 Å². The summed E-state index contributed by atoms with van der Waals surface area (Å²) in [5.74, 6) is 2.43. The van der Waals surface area contributed by atoms with E-state index in [9.17, 15) is 10.1 Å². The molecule has 0 fully saturated rings. The van der Waals surface area contributed by atoms with Gasteiger partial charge in [0.15, 0.2) is 0 Å². The van der Waals surface area contributed by atoms with E-state index in [2.05, 4.69) is 21.9 Å². The standard InChI is InChI=1S/C13H14N4O2S/c1-2-6-20-7-5-14-13-11-8-10(17(18)19)3-4-12(11)15-9-16-13/h2-4,8-9H,1,5-7H2,(H,14,15,16). The smallest absolute Gasteiger partial charge is 0.270 e. The lowest BCUT2D eigenvalue weighted by atomic mass is 10.2. The van der Waals surface area contributed by atoms with E-state index >= 15 is 0 Å². The lowest BCUT2D eigenvalue weighted by molar-refractivity contribution is -0.384. The Morgan fingerprint density at radius 2 is 2.30 bits per heavy atom. The number of hydrogen-bond acceptors (Lipinski definition) is 6. The molecule has 0 bridgehead atoms. The number of nitrogens with zero attached hydrogens (tertiary/aromatic N) is 3. The average molecular weight is 290 g/mol. The van der Waals surface area contributed by atoms with Gasteiger partial charge in [-0.2, -0.15) is 11.8 Å². The molecule has 0 unspecified atom stereocenters. The van der Waals surface area contributed by atoms with Gasteiger partial charge in [0.25, 0.3) is 5.69 Å². The van der Waals surface area contributed by atoms with Crippen LogP contribution in [0.2, 0.25) is 0 Å². The van der Waals surface area contributed by atoms with Gasteiger partial charge in [-0.25, -0.2) is 9.97 Å². The summed E-state index contributed by atoms with van der Waals surface area (Å²) in [6, 6.07) is 4.57. The highest BCUT2D eigenvalue weighted by atomic mass is 32.2.